The van der Waals surface area contributed by atoms with Crippen LogP contribution in [0.15, 0.2) is 0 Å². The van der Waals surface area contributed by atoms with Gasteiger partial charge in [-0.3, -0.25) is 4.68 Å². The molecule has 0 aromatic carbocycles. The van der Waals surface area contributed by atoms with E-state index in [9.17, 15) is 9.90 Å². The number of rotatable bonds is 7. The summed E-state index contributed by atoms with van der Waals surface area (Å²) in [5.74, 6) is 0.126. The van der Waals surface area contributed by atoms with Crippen molar-refractivity contribution in [2.24, 2.45) is 13.0 Å². The lowest BCUT2D eigenvalue weighted by molar-refractivity contribution is 0.00785. The third-order valence-corrected chi connectivity index (χ3v) is 4.83. The van der Waals surface area contributed by atoms with Gasteiger partial charge in [0, 0.05) is 25.3 Å². The molecule has 1 heterocycles. The number of hydrogen-bond acceptors (Lipinski definition) is 3. The number of carbonyl (C=O) groups excluding carboxylic acids is 1. The molecule has 0 bridgehead atoms. The topological polar surface area (TPSA) is 79.2 Å². The number of nitrogens with zero attached hydrogens (tertiary/aromatic N) is 2. The molecule has 0 aliphatic rings. The molecule has 3 atom stereocenters. The summed E-state index contributed by atoms with van der Waals surface area (Å²) >= 11 is 0. The first kappa shape index (κ1) is 19.5. The average molecular weight is 324 g/mol. The number of amides is 2. The van der Waals surface area contributed by atoms with Gasteiger partial charge in [-0.1, -0.05) is 20.3 Å². The highest BCUT2D eigenvalue weighted by atomic mass is 16.3. The standard InChI is InChI=1S/C17H32N4O2/c1-8-11(2)17(6,23)10-18-16(22)19-12(3)9-15-13(4)20-21(7)14(15)5/h11-12,23H,8-10H2,1-7H3,(H2,18,19,22). The minimum absolute atomic E-state index is 0.00912. The fourth-order valence-electron chi connectivity index (χ4n) is 2.62. The van der Waals surface area contributed by atoms with E-state index in [1.165, 1.54) is 5.56 Å². The van der Waals surface area contributed by atoms with Gasteiger partial charge < -0.3 is 15.7 Å². The van der Waals surface area contributed by atoms with Gasteiger partial charge in [-0.2, -0.15) is 5.10 Å². The van der Waals surface area contributed by atoms with Gasteiger partial charge in [0.1, 0.15) is 0 Å². The number of aryl methyl sites for hydroxylation is 2. The van der Waals surface area contributed by atoms with Crippen LogP contribution in [0.3, 0.4) is 0 Å². The summed E-state index contributed by atoms with van der Waals surface area (Å²) in [6, 6.07) is -0.259. The van der Waals surface area contributed by atoms with Gasteiger partial charge in [-0.15, -0.1) is 0 Å². The molecule has 2 amide bonds. The molecule has 1 rings (SSSR count). The van der Waals surface area contributed by atoms with Crippen molar-refractivity contribution in [2.45, 2.75) is 66.0 Å². The van der Waals surface area contributed by atoms with Crippen molar-refractivity contribution in [2.75, 3.05) is 6.54 Å². The molecule has 0 saturated heterocycles. The summed E-state index contributed by atoms with van der Waals surface area (Å²) in [5.41, 5.74) is 2.40. The van der Waals surface area contributed by atoms with Crippen LogP contribution in [0.5, 0.6) is 0 Å². The third-order valence-electron chi connectivity index (χ3n) is 4.83. The van der Waals surface area contributed by atoms with E-state index in [-0.39, 0.29) is 24.5 Å². The number of aliphatic hydroxyl groups is 1. The van der Waals surface area contributed by atoms with Crippen LogP contribution < -0.4 is 10.6 Å². The summed E-state index contributed by atoms with van der Waals surface area (Å²) < 4.78 is 1.86. The molecule has 0 saturated carbocycles. The molecule has 1 aromatic rings. The van der Waals surface area contributed by atoms with Gasteiger partial charge in [0.05, 0.1) is 11.3 Å². The number of aromatic nitrogens is 2. The maximum Gasteiger partial charge on any atom is 0.315 e. The Labute approximate surface area is 139 Å². The smallest absolute Gasteiger partial charge is 0.315 e. The quantitative estimate of drug-likeness (QED) is 0.718. The first-order valence-corrected chi connectivity index (χ1v) is 8.34. The van der Waals surface area contributed by atoms with Gasteiger partial charge in [-0.05, 0) is 45.6 Å². The first-order chi connectivity index (χ1) is 10.6. The predicted octanol–water partition coefficient (Wildman–Crippen LogP) is 2.06. The van der Waals surface area contributed by atoms with E-state index >= 15 is 0 Å². The molecule has 3 unspecified atom stereocenters. The Kier molecular flexibility index (Phi) is 6.62. The largest absolute Gasteiger partial charge is 0.388 e. The monoisotopic (exact) mass is 324 g/mol. The molecule has 23 heavy (non-hydrogen) atoms. The molecule has 1 aromatic heterocycles. The van der Waals surface area contributed by atoms with E-state index in [1.54, 1.807) is 6.92 Å². The second-order valence-corrected chi connectivity index (χ2v) is 6.87. The van der Waals surface area contributed by atoms with Crippen molar-refractivity contribution in [1.29, 1.82) is 0 Å². The fraction of sp³-hybridized carbons (Fsp3) is 0.765. The lowest BCUT2D eigenvalue weighted by atomic mass is 9.89. The van der Waals surface area contributed by atoms with Crippen molar-refractivity contribution in [3.63, 3.8) is 0 Å². The second kappa shape index (κ2) is 7.81. The molecule has 6 heteroatoms. The van der Waals surface area contributed by atoms with Crippen molar-refractivity contribution in [1.82, 2.24) is 20.4 Å². The molecular weight excluding hydrogens is 292 g/mol. The van der Waals surface area contributed by atoms with Gasteiger partial charge in [0.25, 0.3) is 0 Å². The maximum absolute atomic E-state index is 12.0. The molecule has 0 spiro atoms. The van der Waals surface area contributed by atoms with Crippen molar-refractivity contribution in [3.05, 3.63) is 17.0 Å². The zero-order valence-corrected chi connectivity index (χ0v) is 15.5. The van der Waals surface area contributed by atoms with E-state index in [0.29, 0.717) is 0 Å². The minimum Gasteiger partial charge on any atom is -0.388 e. The number of hydrogen-bond donors (Lipinski definition) is 3. The Balaban J connectivity index is 2.51. The molecule has 0 aliphatic heterocycles. The fourth-order valence-corrected chi connectivity index (χ4v) is 2.62. The summed E-state index contributed by atoms with van der Waals surface area (Å²) in [5, 5.41) is 20.4. The molecule has 132 valence electrons. The SMILES string of the molecule is CCC(C)C(C)(O)CNC(=O)NC(C)Cc1c(C)nn(C)c1C. The van der Waals surface area contributed by atoms with E-state index in [4.69, 9.17) is 0 Å². The van der Waals surface area contributed by atoms with Gasteiger partial charge in [0.15, 0.2) is 0 Å². The Hall–Kier alpha value is -1.56. The van der Waals surface area contributed by atoms with Gasteiger partial charge in [-0.25, -0.2) is 4.79 Å². The van der Waals surface area contributed by atoms with Gasteiger partial charge in [0.2, 0.25) is 0 Å². The lowest BCUT2D eigenvalue weighted by Gasteiger charge is -2.30. The number of carbonyl (C=O) groups is 1. The average Bonchev–Trinajstić information content (AvgIpc) is 2.70. The molecule has 0 fully saturated rings. The Morgan fingerprint density at radius 2 is 2.00 bits per heavy atom. The van der Waals surface area contributed by atoms with Crippen LogP contribution in [0.4, 0.5) is 4.79 Å². The van der Waals surface area contributed by atoms with E-state index < -0.39 is 5.60 Å². The Morgan fingerprint density at radius 1 is 1.39 bits per heavy atom. The summed E-state index contributed by atoms with van der Waals surface area (Å²) in [4.78, 5) is 12.0. The highest BCUT2D eigenvalue weighted by Gasteiger charge is 2.27. The predicted molar refractivity (Wildman–Crippen MR) is 92.5 cm³/mol. The number of nitrogens with one attached hydrogen (secondary N) is 2. The summed E-state index contributed by atoms with van der Waals surface area (Å²) in [6.07, 6.45) is 1.60. The molecule has 0 aliphatic carbocycles. The zero-order chi connectivity index (χ0) is 17.8. The normalized spacial score (nSPS) is 16.5. The molecule has 6 nitrogen and oxygen atoms in total. The first-order valence-electron chi connectivity index (χ1n) is 8.34. The molecule has 3 N–H and O–H groups in total. The van der Waals surface area contributed by atoms with Crippen LogP contribution in [0, 0.1) is 19.8 Å². The highest BCUT2D eigenvalue weighted by Crippen LogP contribution is 2.18. The summed E-state index contributed by atoms with van der Waals surface area (Å²) in [7, 11) is 1.92. The minimum atomic E-state index is -0.897. The Morgan fingerprint density at radius 3 is 2.48 bits per heavy atom. The van der Waals surface area contributed by atoms with Crippen molar-refractivity contribution < 1.29 is 9.90 Å². The van der Waals surface area contributed by atoms with Crippen molar-refractivity contribution in [3.8, 4) is 0 Å². The number of urea groups is 1. The molecular formula is C17H32N4O2. The van der Waals surface area contributed by atoms with Gasteiger partial charge >= 0.3 is 6.03 Å². The second-order valence-electron chi connectivity index (χ2n) is 6.87. The highest BCUT2D eigenvalue weighted by molar-refractivity contribution is 5.74. The van der Waals surface area contributed by atoms with Crippen LogP contribution in [-0.2, 0) is 13.5 Å². The van der Waals surface area contributed by atoms with E-state index in [2.05, 4.69) is 15.7 Å². The van der Waals surface area contributed by atoms with E-state index in [0.717, 1.165) is 24.2 Å². The molecule has 0 radical (unpaired) electrons. The van der Waals surface area contributed by atoms with Crippen LogP contribution >= 0.6 is 0 Å². The zero-order valence-electron chi connectivity index (χ0n) is 15.5. The van der Waals surface area contributed by atoms with Crippen LogP contribution in [0.2, 0.25) is 0 Å². The summed E-state index contributed by atoms with van der Waals surface area (Å²) in [6.45, 7) is 12.0. The van der Waals surface area contributed by atoms with Crippen molar-refractivity contribution >= 4 is 6.03 Å². The van der Waals surface area contributed by atoms with Crippen LogP contribution in [0.1, 0.15) is 51.1 Å². The van der Waals surface area contributed by atoms with Crippen LogP contribution in [-0.4, -0.2) is 39.1 Å². The Bertz CT molecular complexity index is 537. The van der Waals surface area contributed by atoms with E-state index in [1.807, 2.05) is 46.3 Å². The maximum atomic E-state index is 12.0. The lowest BCUT2D eigenvalue weighted by Crippen LogP contribution is -2.49. The van der Waals surface area contributed by atoms with Crippen LogP contribution in [0.25, 0.3) is 0 Å². The third kappa shape index (κ3) is 5.23.